The summed E-state index contributed by atoms with van der Waals surface area (Å²) in [5.41, 5.74) is 0.882. The van der Waals surface area contributed by atoms with E-state index in [-0.39, 0.29) is 12.3 Å². The minimum Gasteiger partial charge on any atom is -0.480 e. The summed E-state index contributed by atoms with van der Waals surface area (Å²) in [7, 11) is 0. The van der Waals surface area contributed by atoms with Gasteiger partial charge in [0.05, 0.1) is 6.42 Å². The number of nitrogens with one attached hydrogen (secondary N) is 1. The molecule has 1 amide bonds. The number of carbonyl (C=O) groups excluding carboxylic acids is 1. The number of benzene rings is 1. The Bertz CT molecular complexity index is 408. The molecule has 0 radical (unpaired) electrons. The summed E-state index contributed by atoms with van der Waals surface area (Å²) < 4.78 is 0. The molecule has 0 bridgehead atoms. The van der Waals surface area contributed by atoms with Crippen LogP contribution in [0, 0.1) is 0 Å². The Morgan fingerprint density at radius 2 is 2.00 bits per heavy atom. The van der Waals surface area contributed by atoms with Gasteiger partial charge in [0.25, 0.3) is 0 Å². The molecule has 0 spiro atoms. The number of hydrogen-bond acceptors (Lipinski definition) is 3. The zero-order valence-electron chi connectivity index (χ0n) is 11.0. The molecule has 2 N–H and O–H groups in total. The van der Waals surface area contributed by atoms with Gasteiger partial charge in [-0.1, -0.05) is 37.3 Å². The van der Waals surface area contributed by atoms with E-state index in [1.54, 1.807) is 11.8 Å². The van der Waals surface area contributed by atoms with Crippen molar-refractivity contribution in [1.29, 1.82) is 0 Å². The van der Waals surface area contributed by atoms with Crippen molar-refractivity contribution >= 4 is 23.6 Å². The van der Waals surface area contributed by atoms with Crippen LogP contribution in [-0.2, 0) is 16.0 Å². The van der Waals surface area contributed by atoms with Crippen molar-refractivity contribution < 1.29 is 14.7 Å². The van der Waals surface area contributed by atoms with Crippen LogP contribution in [-0.4, -0.2) is 34.5 Å². The number of carboxylic acids is 1. The second kappa shape index (κ2) is 8.58. The summed E-state index contributed by atoms with van der Waals surface area (Å²) >= 11 is 1.67. The summed E-state index contributed by atoms with van der Waals surface area (Å²) in [4.78, 5) is 22.8. The molecule has 104 valence electrons. The molecule has 0 saturated heterocycles. The summed E-state index contributed by atoms with van der Waals surface area (Å²) in [6.07, 6.45) is 0.667. The van der Waals surface area contributed by atoms with Crippen LogP contribution in [0.1, 0.15) is 18.9 Å². The summed E-state index contributed by atoms with van der Waals surface area (Å²) in [5, 5.41) is 11.6. The first kappa shape index (κ1) is 15.6. The Morgan fingerprint density at radius 3 is 2.58 bits per heavy atom. The van der Waals surface area contributed by atoms with Gasteiger partial charge in [0.15, 0.2) is 0 Å². The third-order valence-electron chi connectivity index (χ3n) is 2.60. The highest BCUT2D eigenvalue weighted by atomic mass is 32.2. The normalized spacial score (nSPS) is 11.8. The van der Waals surface area contributed by atoms with Crippen molar-refractivity contribution in [3.05, 3.63) is 35.9 Å². The maximum absolute atomic E-state index is 11.8. The highest BCUT2D eigenvalue weighted by Crippen LogP contribution is 2.05. The fourth-order valence-electron chi connectivity index (χ4n) is 1.63. The van der Waals surface area contributed by atoms with Crippen LogP contribution in [0.4, 0.5) is 0 Å². The van der Waals surface area contributed by atoms with Gasteiger partial charge in [-0.3, -0.25) is 4.79 Å². The SMILES string of the molecule is CCSCC[C@H](NC(=O)Cc1ccccc1)C(=O)O. The van der Waals surface area contributed by atoms with Gasteiger partial charge in [0, 0.05) is 0 Å². The molecule has 0 aliphatic rings. The average molecular weight is 281 g/mol. The molecule has 19 heavy (non-hydrogen) atoms. The molecular weight excluding hydrogens is 262 g/mol. The van der Waals surface area contributed by atoms with Crippen molar-refractivity contribution in [1.82, 2.24) is 5.32 Å². The van der Waals surface area contributed by atoms with Crippen LogP contribution in [0.15, 0.2) is 30.3 Å². The molecule has 5 heteroatoms. The standard InChI is InChI=1S/C14H19NO3S/c1-2-19-9-8-12(14(17)18)15-13(16)10-11-6-4-3-5-7-11/h3-7,12H,2,8-10H2,1H3,(H,15,16)(H,17,18)/t12-/m0/s1. The summed E-state index contributed by atoms with van der Waals surface area (Å²) in [6.45, 7) is 2.02. The first-order chi connectivity index (χ1) is 9.13. The summed E-state index contributed by atoms with van der Waals surface area (Å²) in [6, 6.07) is 8.49. The number of amides is 1. The number of rotatable bonds is 8. The molecule has 0 aromatic heterocycles. The van der Waals surface area contributed by atoms with Crippen LogP contribution < -0.4 is 5.32 Å². The fraction of sp³-hybridized carbons (Fsp3) is 0.429. The van der Waals surface area contributed by atoms with E-state index in [4.69, 9.17) is 5.11 Å². The van der Waals surface area contributed by atoms with Gasteiger partial charge in [-0.2, -0.15) is 11.8 Å². The molecule has 0 unspecified atom stereocenters. The van der Waals surface area contributed by atoms with Gasteiger partial charge < -0.3 is 10.4 Å². The number of hydrogen-bond donors (Lipinski definition) is 2. The zero-order chi connectivity index (χ0) is 14.1. The van der Waals surface area contributed by atoms with E-state index in [2.05, 4.69) is 5.32 Å². The molecule has 0 heterocycles. The van der Waals surface area contributed by atoms with Crippen molar-refractivity contribution in [2.45, 2.75) is 25.8 Å². The number of aliphatic carboxylic acids is 1. The third kappa shape index (κ3) is 6.29. The third-order valence-corrected chi connectivity index (χ3v) is 3.53. The van der Waals surface area contributed by atoms with Crippen molar-refractivity contribution in [2.75, 3.05) is 11.5 Å². The first-order valence-corrected chi connectivity index (χ1v) is 7.42. The van der Waals surface area contributed by atoms with E-state index in [9.17, 15) is 9.59 Å². The highest BCUT2D eigenvalue weighted by Gasteiger charge is 2.19. The lowest BCUT2D eigenvalue weighted by Crippen LogP contribution is -2.41. The largest absolute Gasteiger partial charge is 0.480 e. The average Bonchev–Trinajstić information content (AvgIpc) is 2.38. The molecule has 4 nitrogen and oxygen atoms in total. The van der Waals surface area contributed by atoms with Crippen LogP contribution in [0.25, 0.3) is 0 Å². The van der Waals surface area contributed by atoms with Crippen molar-refractivity contribution in [3.63, 3.8) is 0 Å². The van der Waals surface area contributed by atoms with Crippen molar-refractivity contribution in [3.8, 4) is 0 Å². The lowest BCUT2D eigenvalue weighted by Gasteiger charge is -2.14. The van der Waals surface area contributed by atoms with Crippen molar-refractivity contribution in [2.24, 2.45) is 0 Å². The van der Waals surface area contributed by atoms with E-state index in [0.29, 0.717) is 6.42 Å². The monoisotopic (exact) mass is 281 g/mol. The van der Waals surface area contributed by atoms with Gasteiger partial charge in [-0.05, 0) is 23.5 Å². The second-order valence-electron chi connectivity index (χ2n) is 4.11. The fourth-order valence-corrected chi connectivity index (χ4v) is 2.32. The molecule has 0 aliphatic carbocycles. The molecule has 1 aromatic carbocycles. The highest BCUT2D eigenvalue weighted by molar-refractivity contribution is 7.99. The number of carboxylic acid groups (broad SMARTS) is 1. The molecule has 0 fully saturated rings. The van der Waals surface area contributed by atoms with Gasteiger partial charge in [0.2, 0.25) is 5.91 Å². The molecule has 1 aromatic rings. The number of thioether (sulfide) groups is 1. The van der Waals surface area contributed by atoms with Gasteiger partial charge in [-0.25, -0.2) is 4.79 Å². The molecule has 0 saturated carbocycles. The Hall–Kier alpha value is -1.49. The molecular formula is C14H19NO3S. The van der Waals surface area contributed by atoms with Crippen LogP contribution >= 0.6 is 11.8 Å². The topological polar surface area (TPSA) is 66.4 Å². The van der Waals surface area contributed by atoms with E-state index >= 15 is 0 Å². The predicted molar refractivity (Wildman–Crippen MR) is 77.3 cm³/mol. The van der Waals surface area contributed by atoms with Gasteiger partial charge >= 0.3 is 5.97 Å². The van der Waals surface area contributed by atoms with Crippen LogP contribution in [0.3, 0.4) is 0 Å². The molecule has 1 atom stereocenters. The van der Waals surface area contributed by atoms with Crippen LogP contribution in [0.2, 0.25) is 0 Å². The van der Waals surface area contributed by atoms with Crippen LogP contribution in [0.5, 0.6) is 0 Å². The maximum Gasteiger partial charge on any atom is 0.326 e. The quantitative estimate of drug-likeness (QED) is 0.715. The Morgan fingerprint density at radius 1 is 1.32 bits per heavy atom. The second-order valence-corrected chi connectivity index (χ2v) is 5.50. The smallest absolute Gasteiger partial charge is 0.326 e. The van der Waals surface area contributed by atoms with E-state index in [0.717, 1.165) is 17.1 Å². The summed E-state index contributed by atoms with van der Waals surface area (Å²) in [5.74, 6) is 0.460. The minimum atomic E-state index is -0.974. The minimum absolute atomic E-state index is 0.214. The van der Waals surface area contributed by atoms with E-state index in [1.807, 2.05) is 37.3 Å². The molecule has 1 rings (SSSR count). The Labute approximate surface area is 117 Å². The van der Waals surface area contributed by atoms with E-state index < -0.39 is 12.0 Å². The lowest BCUT2D eigenvalue weighted by molar-refractivity contribution is -0.141. The Balaban J connectivity index is 2.45. The lowest BCUT2D eigenvalue weighted by atomic mass is 10.1. The van der Waals surface area contributed by atoms with Gasteiger partial charge in [0.1, 0.15) is 6.04 Å². The number of carbonyl (C=O) groups is 2. The van der Waals surface area contributed by atoms with E-state index in [1.165, 1.54) is 0 Å². The predicted octanol–water partition coefficient (Wildman–Crippen LogP) is 1.94. The first-order valence-electron chi connectivity index (χ1n) is 6.27. The zero-order valence-corrected chi connectivity index (χ0v) is 11.8. The molecule has 0 aliphatic heterocycles. The Kier molecular flexibility index (Phi) is 7.03. The van der Waals surface area contributed by atoms with Gasteiger partial charge in [-0.15, -0.1) is 0 Å². The maximum atomic E-state index is 11.8.